The largest absolute Gasteiger partial charge is 0.416 e. The molecule has 0 aliphatic carbocycles. The molecule has 0 radical (unpaired) electrons. The lowest BCUT2D eigenvalue weighted by Gasteiger charge is -2.13. The van der Waals surface area contributed by atoms with Crippen LogP contribution in [0.1, 0.15) is 11.4 Å². The first kappa shape index (κ1) is 24.6. The summed E-state index contributed by atoms with van der Waals surface area (Å²) >= 11 is 7.07. The van der Waals surface area contributed by atoms with Gasteiger partial charge in [0.25, 0.3) is 0 Å². The van der Waals surface area contributed by atoms with E-state index in [1.54, 1.807) is 34.9 Å². The number of carbonyl (C=O) groups is 1. The summed E-state index contributed by atoms with van der Waals surface area (Å²) in [5.41, 5.74) is 0.948. The van der Waals surface area contributed by atoms with Gasteiger partial charge in [-0.2, -0.15) is 13.2 Å². The van der Waals surface area contributed by atoms with Crippen LogP contribution in [-0.2, 0) is 17.5 Å². The fourth-order valence-corrected chi connectivity index (χ4v) is 4.09. The number of hydrogen-bond acceptors (Lipinski definition) is 5. The number of benzene rings is 3. The molecule has 0 aliphatic heterocycles. The number of nitrogens with zero attached hydrogens (tertiary/aromatic N) is 3. The number of aromatic nitrogens is 3. The second-order valence-corrected chi connectivity index (χ2v) is 8.72. The number of carbonyl (C=O) groups excluding carboxylic acids is 1. The van der Waals surface area contributed by atoms with Gasteiger partial charge in [0.1, 0.15) is 0 Å². The van der Waals surface area contributed by atoms with Crippen LogP contribution in [0.4, 0.5) is 24.5 Å². The van der Waals surface area contributed by atoms with E-state index >= 15 is 0 Å². The lowest BCUT2D eigenvalue weighted by molar-refractivity contribution is -0.137. The van der Waals surface area contributed by atoms with Gasteiger partial charge in [-0.25, -0.2) is 0 Å². The highest BCUT2D eigenvalue weighted by molar-refractivity contribution is 7.99. The Kier molecular flexibility index (Phi) is 7.62. The Morgan fingerprint density at radius 2 is 1.69 bits per heavy atom. The van der Waals surface area contributed by atoms with E-state index in [2.05, 4.69) is 20.8 Å². The van der Waals surface area contributed by atoms with Gasteiger partial charge in [0.15, 0.2) is 11.0 Å². The molecule has 0 saturated heterocycles. The standard InChI is InChI=1S/C24H19ClF3N5OS/c25-17-9-11-18(12-10-17)30-22(34)15-35-23-32-31-21(33(23)20-7-2-1-3-8-20)14-29-19-6-4-5-16(13-19)24(26,27)28/h1-13,29H,14-15H2,(H,30,34). The molecule has 4 rings (SSSR count). The average Bonchev–Trinajstić information content (AvgIpc) is 3.26. The zero-order valence-corrected chi connectivity index (χ0v) is 19.7. The lowest BCUT2D eigenvalue weighted by atomic mass is 10.2. The van der Waals surface area contributed by atoms with Crippen molar-refractivity contribution in [2.75, 3.05) is 16.4 Å². The second-order valence-electron chi connectivity index (χ2n) is 7.35. The fourth-order valence-electron chi connectivity index (χ4n) is 3.19. The maximum Gasteiger partial charge on any atom is 0.416 e. The Bertz CT molecular complexity index is 1300. The Hall–Kier alpha value is -3.50. The third-order valence-corrected chi connectivity index (χ3v) is 6.00. The van der Waals surface area contributed by atoms with Crippen LogP contribution in [0.15, 0.2) is 84.0 Å². The molecule has 4 aromatic rings. The first-order valence-electron chi connectivity index (χ1n) is 10.4. The molecule has 3 aromatic carbocycles. The van der Waals surface area contributed by atoms with Gasteiger partial charge in [-0.15, -0.1) is 10.2 Å². The van der Waals surface area contributed by atoms with Crippen LogP contribution in [0.3, 0.4) is 0 Å². The van der Waals surface area contributed by atoms with Crippen LogP contribution in [0.25, 0.3) is 5.69 Å². The van der Waals surface area contributed by atoms with Gasteiger partial charge in [0.05, 0.1) is 17.9 Å². The van der Waals surface area contributed by atoms with Gasteiger partial charge < -0.3 is 10.6 Å². The SMILES string of the molecule is O=C(CSc1nnc(CNc2cccc(C(F)(F)F)c2)n1-c1ccccc1)Nc1ccc(Cl)cc1. The molecule has 35 heavy (non-hydrogen) atoms. The van der Waals surface area contributed by atoms with E-state index in [1.165, 1.54) is 17.8 Å². The van der Waals surface area contributed by atoms with E-state index in [9.17, 15) is 18.0 Å². The van der Waals surface area contributed by atoms with Crippen LogP contribution in [0, 0.1) is 0 Å². The van der Waals surface area contributed by atoms with Crippen LogP contribution in [-0.4, -0.2) is 26.4 Å². The zero-order chi connectivity index (χ0) is 24.8. The highest BCUT2D eigenvalue weighted by Crippen LogP contribution is 2.31. The van der Waals surface area contributed by atoms with Crippen molar-refractivity contribution in [3.63, 3.8) is 0 Å². The molecular formula is C24H19ClF3N5OS. The van der Waals surface area contributed by atoms with E-state index in [1.807, 2.05) is 30.3 Å². The molecular weight excluding hydrogens is 499 g/mol. The molecule has 180 valence electrons. The van der Waals surface area contributed by atoms with Crippen molar-refractivity contribution in [1.29, 1.82) is 0 Å². The first-order valence-corrected chi connectivity index (χ1v) is 11.7. The minimum absolute atomic E-state index is 0.0780. The van der Waals surface area contributed by atoms with Gasteiger partial charge in [0, 0.05) is 22.1 Å². The first-order chi connectivity index (χ1) is 16.8. The van der Waals surface area contributed by atoms with Gasteiger partial charge in [-0.05, 0) is 54.6 Å². The predicted molar refractivity (Wildman–Crippen MR) is 131 cm³/mol. The highest BCUT2D eigenvalue weighted by Gasteiger charge is 2.30. The molecule has 6 nitrogen and oxygen atoms in total. The van der Waals surface area contributed by atoms with Crippen LogP contribution >= 0.6 is 23.4 Å². The van der Waals surface area contributed by atoms with Crippen molar-refractivity contribution in [1.82, 2.24) is 14.8 Å². The normalized spacial score (nSPS) is 11.3. The average molecular weight is 518 g/mol. The molecule has 11 heteroatoms. The van der Waals surface area contributed by atoms with Crippen LogP contribution in [0.2, 0.25) is 5.02 Å². The molecule has 1 aromatic heterocycles. The number of thioether (sulfide) groups is 1. The molecule has 0 aliphatic rings. The number of nitrogens with one attached hydrogen (secondary N) is 2. The van der Waals surface area contributed by atoms with Crippen molar-refractivity contribution in [2.24, 2.45) is 0 Å². The predicted octanol–water partition coefficient (Wildman–Crippen LogP) is 6.28. The molecule has 0 atom stereocenters. The lowest BCUT2D eigenvalue weighted by Crippen LogP contribution is -2.15. The highest BCUT2D eigenvalue weighted by atomic mass is 35.5. The molecule has 0 bridgehead atoms. The van der Waals surface area contributed by atoms with Crippen molar-refractivity contribution in [2.45, 2.75) is 17.9 Å². The molecule has 0 saturated carbocycles. The van der Waals surface area contributed by atoms with Crippen LogP contribution in [0.5, 0.6) is 0 Å². The molecule has 2 N–H and O–H groups in total. The third kappa shape index (κ3) is 6.55. The number of halogens is 4. The Labute approximate surface area is 208 Å². The number of hydrogen-bond donors (Lipinski definition) is 2. The zero-order valence-electron chi connectivity index (χ0n) is 18.1. The fraction of sp³-hybridized carbons (Fsp3) is 0.125. The summed E-state index contributed by atoms with van der Waals surface area (Å²) in [6, 6.07) is 21.0. The topological polar surface area (TPSA) is 71.8 Å². The summed E-state index contributed by atoms with van der Waals surface area (Å²) < 4.78 is 40.9. The number of para-hydroxylation sites is 1. The minimum atomic E-state index is -4.43. The van der Waals surface area contributed by atoms with E-state index in [4.69, 9.17) is 11.6 Å². The molecule has 1 amide bonds. The quantitative estimate of drug-likeness (QED) is 0.269. The minimum Gasteiger partial charge on any atom is -0.378 e. The smallest absolute Gasteiger partial charge is 0.378 e. The summed E-state index contributed by atoms with van der Waals surface area (Å²) in [5.74, 6) is 0.326. The summed E-state index contributed by atoms with van der Waals surface area (Å²) in [4.78, 5) is 12.4. The second kappa shape index (κ2) is 10.8. The van der Waals surface area contributed by atoms with Crippen molar-refractivity contribution >= 4 is 40.6 Å². The number of alkyl halides is 3. The van der Waals surface area contributed by atoms with Crippen LogP contribution < -0.4 is 10.6 Å². The van der Waals surface area contributed by atoms with E-state index in [0.717, 1.165) is 17.8 Å². The Balaban J connectivity index is 1.49. The van der Waals surface area contributed by atoms with Crippen molar-refractivity contribution < 1.29 is 18.0 Å². The third-order valence-electron chi connectivity index (χ3n) is 4.82. The Morgan fingerprint density at radius 3 is 2.40 bits per heavy atom. The van der Waals surface area contributed by atoms with E-state index < -0.39 is 11.7 Å². The summed E-state index contributed by atoms with van der Waals surface area (Å²) in [6.07, 6.45) is -4.43. The molecule has 1 heterocycles. The summed E-state index contributed by atoms with van der Waals surface area (Å²) in [7, 11) is 0. The van der Waals surface area contributed by atoms with E-state index in [-0.39, 0.29) is 18.2 Å². The van der Waals surface area contributed by atoms with E-state index in [0.29, 0.717) is 27.4 Å². The molecule has 0 unspecified atom stereocenters. The summed E-state index contributed by atoms with van der Waals surface area (Å²) in [6.45, 7) is 0.126. The summed E-state index contributed by atoms with van der Waals surface area (Å²) in [5, 5.41) is 15.2. The molecule has 0 fully saturated rings. The number of anilines is 2. The van der Waals surface area contributed by atoms with Crippen molar-refractivity contribution in [3.8, 4) is 5.69 Å². The molecule has 0 spiro atoms. The van der Waals surface area contributed by atoms with Gasteiger partial charge in [-0.1, -0.05) is 47.6 Å². The van der Waals surface area contributed by atoms with Gasteiger partial charge in [-0.3, -0.25) is 9.36 Å². The van der Waals surface area contributed by atoms with Gasteiger partial charge in [0.2, 0.25) is 5.91 Å². The maximum atomic E-state index is 13.0. The maximum absolute atomic E-state index is 13.0. The van der Waals surface area contributed by atoms with Gasteiger partial charge >= 0.3 is 6.18 Å². The number of rotatable bonds is 8. The monoisotopic (exact) mass is 517 g/mol. The van der Waals surface area contributed by atoms with Crippen molar-refractivity contribution in [3.05, 3.63) is 95.3 Å². The number of amides is 1. The Morgan fingerprint density at radius 1 is 0.943 bits per heavy atom.